The van der Waals surface area contributed by atoms with Gasteiger partial charge in [0.05, 0.1) is 15.9 Å². The highest BCUT2D eigenvalue weighted by Gasteiger charge is 2.33. The minimum absolute atomic E-state index is 0.0259. The van der Waals surface area contributed by atoms with Crippen LogP contribution in [-0.4, -0.2) is 13.3 Å². The van der Waals surface area contributed by atoms with E-state index in [1.165, 1.54) is 31.2 Å². The molecule has 2 aromatic rings. The molecule has 2 aromatic carbocycles. The number of benzene rings is 2. The van der Waals surface area contributed by atoms with Crippen LogP contribution in [0.15, 0.2) is 52.3 Å². The molecule has 0 aromatic heterocycles. The van der Waals surface area contributed by atoms with Crippen LogP contribution in [0.2, 0.25) is 0 Å². The Morgan fingerprint density at radius 1 is 1.13 bits per heavy atom. The van der Waals surface area contributed by atoms with Crippen molar-refractivity contribution in [3.8, 4) is 5.75 Å². The predicted octanol–water partition coefficient (Wildman–Crippen LogP) is 3.29. The van der Waals surface area contributed by atoms with E-state index in [0.717, 1.165) is 18.2 Å². The van der Waals surface area contributed by atoms with Crippen LogP contribution in [-0.2, 0) is 9.84 Å². The summed E-state index contributed by atoms with van der Waals surface area (Å²) in [5, 5.41) is 10.8. The zero-order chi connectivity index (χ0) is 16.8. The van der Waals surface area contributed by atoms with Gasteiger partial charge in [0.1, 0.15) is 16.5 Å². The molecule has 0 amide bonds. The largest absolute Gasteiger partial charge is 0.454 e. The SMILES string of the molecule is CC1=C(c2ccc(F)cc2)Oc2cc([N+](=O)[O-])ccc2S1(=O)=O. The number of nitro groups is 1. The van der Waals surface area contributed by atoms with Crippen LogP contribution < -0.4 is 4.74 Å². The van der Waals surface area contributed by atoms with Crippen molar-refractivity contribution in [3.05, 3.63) is 68.9 Å². The van der Waals surface area contributed by atoms with Gasteiger partial charge in [-0.2, -0.15) is 0 Å². The maximum Gasteiger partial charge on any atom is 0.273 e. The van der Waals surface area contributed by atoms with Gasteiger partial charge in [-0.05, 0) is 37.3 Å². The first-order chi connectivity index (χ1) is 10.8. The molecule has 0 atom stereocenters. The van der Waals surface area contributed by atoms with Crippen LogP contribution in [0, 0.1) is 15.9 Å². The molecule has 0 bridgehead atoms. The summed E-state index contributed by atoms with van der Waals surface area (Å²) >= 11 is 0. The van der Waals surface area contributed by atoms with Crippen LogP contribution in [0.5, 0.6) is 5.75 Å². The molecular formula is C15H10FNO5S. The minimum atomic E-state index is -3.83. The van der Waals surface area contributed by atoms with Gasteiger partial charge < -0.3 is 4.74 Å². The molecule has 23 heavy (non-hydrogen) atoms. The first kappa shape index (κ1) is 15.2. The molecule has 0 fully saturated rings. The summed E-state index contributed by atoms with van der Waals surface area (Å²) in [5.74, 6) is -0.566. The summed E-state index contributed by atoms with van der Waals surface area (Å²) in [6.45, 7) is 1.37. The van der Waals surface area contributed by atoms with Gasteiger partial charge >= 0.3 is 0 Å². The lowest BCUT2D eigenvalue weighted by Gasteiger charge is -2.21. The number of non-ortho nitro benzene ring substituents is 1. The third-order valence-electron chi connectivity index (χ3n) is 3.47. The number of hydrogen-bond acceptors (Lipinski definition) is 5. The molecule has 1 heterocycles. The lowest BCUT2D eigenvalue weighted by atomic mass is 10.1. The molecule has 0 saturated carbocycles. The maximum absolute atomic E-state index is 13.0. The van der Waals surface area contributed by atoms with Gasteiger partial charge in [0.2, 0.25) is 9.84 Å². The van der Waals surface area contributed by atoms with Gasteiger partial charge in [-0.1, -0.05) is 0 Å². The first-order valence-corrected chi connectivity index (χ1v) is 7.97. The molecule has 3 rings (SSSR count). The second-order valence-electron chi connectivity index (χ2n) is 4.89. The monoisotopic (exact) mass is 335 g/mol. The van der Waals surface area contributed by atoms with Crippen molar-refractivity contribution in [2.45, 2.75) is 11.8 Å². The van der Waals surface area contributed by atoms with Crippen LogP contribution in [0.25, 0.3) is 5.76 Å². The molecule has 1 aliphatic rings. The van der Waals surface area contributed by atoms with E-state index in [-0.39, 0.29) is 27.0 Å². The van der Waals surface area contributed by atoms with Crippen molar-refractivity contribution in [3.63, 3.8) is 0 Å². The lowest BCUT2D eigenvalue weighted by Crippen LogP contribution is -2.15. The molecule has 6 nitrogen and oxygen atoms in total. The van der Waals surface area contributed by atoms with Crippen molar-refractivity contribution in [1.29, 1.82) is 0 Å². The molecule has 1 aliphatic heterocycles. The molecule has 0 aliphatic carbocycles. The average molecular weight is 335 g/mol. The summed E-state index contributed by atoms with van der Waals surface area (Å²) in [6.07, 6.45) is 0. The number of hydrogen-bond donors (Lipinski definition) is 0. The molecule has 0 spiro atoms. The minimum Gasteiger partial charge on any atom is -0.454 e. The van der Waals surface area contributed by atoms with Crippen LogP contribution >= 0.6 is 0 Å². The third kappa shape index (κ3) is 2.46. The van der Waals surface area contributed by atoms with Crippen LogP contribution in [0.1, 0.15) is 12.5 Å². The molecular weight excluding hydrogens is 325 g/mol. The Morgan fingerprint density at radius 3 is 2.39 bits per heavy atom. The molecule has 0 saturated heterocycles. The smallest absolute Gasteiger partial charge is 0.273 e. The van der Waals surface area contributed by atoms with E-state index in [2.05, 4.69) is 0 Å². The van der Waals surface area contributed by atoms with E-state index in [4.69, 9.17) is 4.74 Å². The summed E-state index contributed by atoms with van der Waals surface area (Å²) in [5.41, 5.74) is 0.0848. The standard InChI is InChI=1S/C15H10FNO5S/c1-9-15(10-2-4-11(16)5-3-10)22-13-8-12(17(18)19)6-7-14(13)23(9,20)21/h2-8H,1H3. The predicted molar refractivity (Wildman–Crippen MR) is 79.9 cm³/mol. The van der Waals surface area contributed by atoms with Crippen molar-refractivity contribution in [2.24, 2.45) is 0 Å². The molecule has 0 radical (unpaired) electrons. The van der Waals surface area contributed by atoms with E-state index in [1.807, 2.05) is 0 Å². The highest BCUT2D eigenvalue weighted by Crippen LogP contribution is 2.41. The van der Waals surface area contributed by atoms with Crippen molar-refractivity contribution < 1.29 is 22.5 Å². The van der Waals surface area contributed by atoms with E-state index in [0.29, 0.717) is 5.56 Å². The zero-order valence-corrected chi connectivity index (χ0v) is 12.6. The Labute approximate surface area is 130 Å². The third-order valence-corrected chi connectivity index (χ3v) is 5.38. The Hall–Kier alpha value is -2.74. The number of fused-ring (bicyclic) bond motifs is 1. The topological polar surface area (TPSA) is 86.5 Å². The second-order valence-corrected chi connectivity index (χ2v) is 6.94. The fourth-order valence-electron chi connectivity index (χ4n) is 2.24. The number of rotatable bonds is 2. The fourth-order valence-corrected chi connectivity index (χ4v) is 3.59. The Bertz CT molecular complexity index is 948. The summed E-state index contributed by atoms with van der Waals surface area (Å²) < 4.78 is 43.7. The summed E-state index contributed by atoms with van der Waals surface area (Å²) in [6, 6.07) is 8.42. The van der Waals surface area contributed by atoms with Gasteiger partial charge in [0.15, 0.2) is 5.75 Å². The van der Waals surface area contributed by atoms with Gasteiger partial charge in [-0.25, -0.2) is 12.8 Å². The molecule has 8 heteroatoms. The van der Waals surface area contributed by atoms with Crippen molar-refractivity contribution in [1.82, 2.24) is 0 Å². The first-order valence-electron chi connectivity index (χ1n) is 6.49. The number of nitrogens with zero attached hydrogens (tertiary/aromatic N) is 1. The number of ether oxygens (including phenoxy) is 1. The fraction of sp³-hybridized carbons (Fsp3) is 0.0667. The quantitative estimate of drug-likeness (QED) is 0.621. The van der Waals surface area contributed by atoms with Gasteiger partial charge in [-0.3, -0.25) is 10.1 Å². The Kier molecular flexibility index (Phi) is 3.41. The van der Waals surface area contributed by atoms with E-state index in [1.54, 1.807) is 0 Å². The lowest BCUT2D eigenvalue weighted by molar-refractivity contribution is -0.385. The molecule has 0 unspecified atom stereocenters. The highest BCUT2D eigenvalue weighted by molar-refractivity contribution is 7.95. The van der Waals surface area contributed by atoms with Gasteiger partial charge in [-0.15, -0.1) is 0 Å². The van der Waals surface area contributed by atoms with E-state index in [9.17, 15) is 22.9 Å². The second kappa shape index (κ2) is 5.17. The van der Waals surface area contributed by atoms with Crippen molar-refractivity contribution in [2.75, 3.05) is 0 Å². The summed E-state index contributed by atoms with van der Waals surface area (Å²) in [7, 11) is -3.83. The molecule has 118 valence electrons. The maximum atomic E-state index is 13.0. The van der Waals surface area contributed by atoms with Gasteiger partial charge in [0, 0.05) is 11.6 Å². The highest BCUT2D eigenvalue weighted by atomic mass is 32.2. The van der Waals surface area contributed by atoms with Crippen LogP contribution in [0.3, 0.4) is 0 Å². The normalized spacial score (nSPS) is 15.7. The average Bonchev–Trinajstić information content (AvgIpc) is 2.51. The van der Waals surface area contributed by atoms with E-state index >= 15 is 0 Å². The Balaban J connectivity index is 2.19. The number of nitro benzene ring substituents is 1. The van der Waals surface area contributed by atoms with Crippen molar-refractivity contribution >= 4 is 21.3 Å². The zero-order valence-electron chi connectivity index (χ0n) is 11.8. The number of allylic oxidation sites excluding steroid dienone is 1. The van der Waals surface area contributed by atoms with Crippen LogP contribution in [0.4, 0.5) is 10.1 Å². The molecule has 0 N–H and O–H groups in total. The van der Waals surface area contributed by atoms with E-state index < -0.39 is 20.6 Å². The van der Waals surface area contributed by atoms with Gasteiger partial charge in [0.25, 0.3) is 5.69 Å². The Morgan fingerprint density at radius 2 is 1.78 bits per heavy atom. The number of halogens is 1. The summed E-state index contributed by atoms with van der Waals surface area (Å²) in [4.78, 5) is 10.0. The number of sulfone groups is 1.